The van der Waals surface area contributed by atoms with Gasteiger partial charge in [0.1, 0.15) is 5.82 Å². The molecule has 1 N–H and O–H groups in total. The summed E-state index contributed by atoms with van der Waals surface area (Å²) in [5, 5.41) is 3.26. The van der Waals surface area contributed by atoms with E-state index in [0.29, 0.717) is 5.69 Å². The molecule has 0 amide bonds. The molecule has 0 fully saturated rings. The molecule has 0 spiro atoms. The molecule has 0 unspecified atom stereocenters. The predicted octanol–water partition coefficient (Wildman–Crippen LogP) is 4.13. The molecule has 0 heterocycles. The van der Waals surface area contributed by atoms with Crippen molar-refractivity contribution in [2.75, 3.05) is 23.8 Å². The number of hydrogen-bond acceptors (Lipinski definition) is 2. The van der Waals surface area contributed by atoms with Gasteiger partial charge >= 0.3 is 0 Å². The lowest BCUT2D eigenvalue weighted by atomic mass is 9.97. The Morgan fingerprint density at radius 3 is 2.33 bits per heavy atom. The molecule has 0 aliphatic rings. The van der Waals surface area contributed by atoms with Gasteiger partial charge in [0, 0.05) is 25.3 Å². The smallest absolute Gasteiger partial charge is 0.148 e. The van der Waals surface area contributed by atoms with Gasteiger partial charge in [-0.05, 0) is 37.5 Å². The van der Waals surface area contributed by atoms with E-state index in [2.05, 4.69) is 26.1 Å². The Balaban J connectivity index is 2.80. The lowest BCUT2D eigenvalue weighted by Gasteiger charge is -2.25. The second kappa shape index (κ2) is 5.59. The SMILES string of the molecule is CC(C)N(C)c1ccc(NCC(C)(C)C)cc1F. The minimum atomic E-state index is -0.176. The van der Waals surface area contributed by atoms with Gasteiger partial charge in [-0.25, -0.2) is 4.39 Å². The third kappa shape index (κ3) is 4.21. The van der Waals surface area contributed by atoms with Gasteiger partial charge in [0.15, 0.2) is 0 Å². The normalized spacial score (nSPS) is 11.8. The molecule has 1 aromatic carbocycles. The summed E-state index contributed by atoms with van der Waals surface area (Å²) in [5.41, 5.74) is 1.67. The molecule has 1 aromatic rings. The van der Waals surface area contributed by atoms with E-state index in [9.17, 15) is 4.39 Å². The number of nitrogens with zero attached hydrogens (tertiary/aromatic N) is 1. The molecule has 102 valence electrons. The number of hydrogen-bond donors (Lipinski definition) is 1. The molecule has 3 heteroatoms. The van der Waals surface area contributed by atoms with E-state index >= 15 is 0 Å². The molecule has 18 heavy (non-hydrogen) atoms. The third-order valence-corrected chi connectivity index (χ3v) is 2.93. The van der Waals surface area contributed by atoms with Crippen LogP contribution >= 0.6 is 0 Å². The van der Waals surface area contributed by atoms with Gasteiger partial charge in [-0.15, -0.1) is 0 Å². The maximum Gasteiger partial charge on any atom is 0.148 e. The van der Waals surface area contributed by atoms with Crippen LogP contribution in [0.4, 0.5) is 15.8 Å². The topological polar surface area (TPSA) is 15.3 Å². The highest BCUT2D eigenvalue weighted by Gasteiger charge is 2.13. The fraction of sp³-hybridized carbons (Fsp3) is 0.600. The van der Waals surface area contributed by atoms with E-state index in [-0.39, 0.29) is 17.3 Å². The van der Waals surface area contributed by atoms with Crippen molar-refractivity contribution in [3.05, 3.63) is 24.0 Å². The van der Waals surface area contributed by atoms with E-state index in [0.717, 1.165) is 12.2 Å². The summed E-state index contributed by atoms with van der Waals surface area (Å²) in [6.45, 7) is 11.4. The zero-order valence-electron chi connectivity index (χ0n) is 12.3. The molecule has 0 aliphatic carbocycles. The van der Waals surface area contributed by atoms with Crippen LogP contribution in [0.2, 0.25) is 0 Å². The Labute approximate surface area is 110 Å². The van der Waals surface area contributed by atoms with E-state index in [1.54, 1.807) is 6.07 Å². The molecule has 0 bridgehead atoms. The highest BCUT2D eigenvalue weighted by Crippen LogP contribution is 2.24. The van der Waals surface area contributed by atoms with Crippen LogP contribution in [0.1, 0.15) is 34.6 Å². The van der Waals surface area contributed by atoms with E-state index < -0.39 is 0 Å². The standard InChI is InChI=1S/C15H25FN2/c1-11(2)18(6)14-8-7-12(9-13(14)16)17-10-15(3,4)5/h7-9,11,17H,10H2,1-6H3. The lowest BCUT2D eigenvalue weighted by Crippen LogP contribution is -2.26. The second-order valence-electron chi connectivity index (χ2n) is 6.29. The Kier molecular flexibility index (Phi) is 4.60. The van der Waals surface area contributed by atoms with Gasteiger partial charge in [0.25, 0.3) is 0 Å². The summed E-state index contributed by atoms with van der Waals surface area (Å²) in [6.07, 6.45) is 0. The molecule has 0 atom stereocenters. The van der Waals surface area contributed by atoms with E-state index in [1.807, 2.05) is 37.9 Å². The number of benzene rings is 1. The largest absolute Gasteiger partial charge is 0.384 e. The maximum absolute atomic E-state index is 14.0. The number of halogens is 1. The zero-order chi connectivity index (χ0) is 13.9. The van der Waals surface area contributed by atoms with Crippen LogP contribution in [0.15, 0.2) is 18.2 Å². The van der Waals surface area contributed by atoms with Crippen LogP contribution in [-0.2, 0) is 0 Å². The molecule has 0 aromatic heterocycles. The monoisotopic (exact) mass is 252 g/mol. The van der Waals surface area contributed by atoms with Crippen molar-refractivity contribution in [1.29, 1.82) is 0 Å². The first kappa shape index (κ1) is 14.8. The fourth-order valence-corrected chi connectivity index (χ4v) is 1.55. The lowest BCUT2D eigenvalue weighted by molar-refractivity contribution is 0.443. The molecule has 0 saturated carbocycles. The summed E-state index contributed by atoms with van der Waals surface area (Å²) in [7, 11) is 1.91. The van der Waals surface area contributed by atoms with Crippen LogP contribution < -0.4 is 10.2 Å². The third-order valence-electron chi connectivity index (χ3n) is 2.93. The summed E-state index contributed by atoms with van der Waals surface area (Å²) in [4.78, 5) is 1.93. The van der Waals surface area contributed by atoms with Crippen molar-refractivity contribution in [1.82, 2.24) is 0 Å². The summed E-state index contributed by atoms with van der Waals surface area (Å²) in [6, 6.07) is 5.62. The Morgan fingerprint density at radius 2 is 1.89 bits per heavy atom. The van der Waals surface area contributed by atoms with Crippen LogP contribution in [0.25, 0.3) is 0 Å². The highest BCUT2D eigenvalue weighted by molar-refractivity contribution is 5.56. The number of rotatable bonds is 4. The number of anilines is 2. The maximum atomic E-state index is 14.0. The minimum absolute atomic E-state index is 0.176. The molecule has 0 radical (unpaired) electrons. The van der Waals surface area contributed by atoms with Gasteiger partial charge in [-0.2, -0.15) is 0 Å². The zero-order valence-corrected chi connectivity index (χ0v) is 12.3. The van der Waals surface area contributed by atoms with Crippen LogP contribution in [0.5, 0.6) is 0 Å². The van der Waals surface area contributed by atoms with E-state index in [4.69, 9.17) is 0 Å². The van der Waals surface area contributed by atoms with E-state index in [1.165, 1.54) is 0 Å². The average Bonchev–Trinajstić information content (AvgIpc) is 2.24. The molecular formula is C15H25FN2. The molecule has 0 saturated heterocycles. The Bertz CT molecular complexity index is 394. The first-order valence-corrected chi connectivity index (χ1v) is 6.47. The molecule has 0 aliphatic heterocycles. The van der Waals surface area contributed by atoms with Gasteiger partial charge in [0.05, 0.1) is 5.69 Å². The van der Waals surface area contributed by atoms with Crippen LogP contribution in [0.3, 0.4) is 0 Å². The first-order valence-electron chi connectivity index (χ1n) is 6.47. The van der Waals surface area contributed by atoms with Crippen molar-refractivity contribution < 1.29 is 4.39 Å². The van der Waals surface area contributed by atoms with Gasteiger partial charge < -0.3 is 10.2 Å². The van der Waals surface area contributed by atoms with Gasteiger partial charge in [-0.1, -0.05) is 20.8 Å². The van der Waals surface area contributed by atoms with Crippen molar-refractivity contribution in [2.45, 2.75) is 40.7 Å². The van der Waals surface area contributed by atoms with Crippen LogP contribution in [0, 0.1) is 11.2 Å². The predicted molar refractivity (Wildman–Crippen MR) is 77.9 cm³/mol. The first-order chi connectivity index (χ1) is 8.20. The number of nitrogens with one attached hydrogen (secondary N) is 1. The highest BCUT2D eigenvalue weighted by atomic mass is 19.1. The Morgan fingerprint density at radius 1 is 1.28 bits per heavy atom. The summed E-state index contributed by atoms with van der Waals surface area (Å²) in [5.74, 6) is -0.176. The molecular weight excluding hydrogens is 227 g/mol. The quantitative estimate of drug-likeness (QED) is 0.866. The summed E-state index contributed by atoms with van der Waals surface area (Å²) < 4.78 is 14.0. The second-order valence-corrected chi connectivity index (χ2v) is 6.29. The average molecular weight is 252 g/mol. The fourth-order valence-electron chi connectivity index (χ4n) is 1.55. The van der Waals surface area contributed by atoms with Crippen molar-refractivity contribution >= 4 is 11.4 Å². The Hall–Kier alpha value is -1.25. The van der Waals surface area contributed by atoms with Crippen molar-refractivity contribution in [2.24, 2.45) is 5.41 Å². The van der Waals surface area contributed by atoms with Crippen molar-refractivity contribution in [3.8, 4) is 0 Å². The molecule has 2 nitrogen and oxygen atoms in total. The van der Waals surface area contributed by atoms with Gasteiger partial charge in [0.2, 0.25) is 0 Å². The van der Waals surface area contributed by atoms with Gasteiger partial charge in [-0.3, -0.25) is 0 Å². The van der Waals surface area contributed by atoms with Crippen molar-refractivity contribution in [3.63, 3.8) is 0 Å². The van der Waals surface area contributed by atoms with Crippen LogP contribution in [-0.4, -0.2) is 19.6 Å². The molecule has 1 rings (SSSR count). The minimum Gasteiger partial charge on any atom is -0.384 e. The summed E-state index contributed by atoms with van der Waals surface area (Å²) >= 11 is 0.